The molecule has 0 spiro atoms. The van der Waals surface area contributed by atoms with Gasteiger partial charge in [-0.3, -0.25) is 13.9 Å². The summed E-state index contributed by atoms with van der Waals surface area (Å²) in [5, 5.41) is 8.93. The standard InChI is InChI=1S/C12H24O5S.Na.H2O3S/c1-2-3-4-5-6-7-8-9-11(13)10-12(14)18(15,16)17;;1-4(2)3/h12,14H,2-10H2,1H3,(H,15,16,17);;(H2,1,2,3)/q;+1;/p-1. The summed E-state index contributed by atoms with van der Waals surface area (Å²) in [6.07, 6.45) is 7.12. The van der Waals surface area contributed by atoms with E-state index in [0.717, 1.165) is 19.3 Å². The number of Topliss-reactive ketones (excluding diaryl/α,β-unsaturated/α-hetero) is 1. The third kappa shape index (κ3) is 25.0. The number of aliphatic hydroxyl groups excluding tert-OH is 1. The molecule has 0 aromatic heterocycles. The van der Waals surface area contributed by atoms with Gasteiger partial charge in [-0.1, -0.05) is 45.4 Å². The Hall–Kier alpha value is 0.610. The van der Waals surface area contributed by atoms with Crippen LogP contribution in [0.4, 0.5) is 0 Å². The maximum Gasteiger partial charge on any atom is 1.00 e. The molecule has 1 atom stereocenters. The monoisotopic (exact) mass is 384 g/mol. The van der Waals surface area contributed by atoms with E-state index in [4.69, 9.17) is 18.4 Å². The van der Waals surface area contributed by atoms with Crippen molar-refractivity contribution in [2.24, 2.45) is 0 Å². The number of aliphatic hydroxyl groups is 1. The summed E-state index contributed by atoms with van der Waals surface area (Å²) in [5.41, 5.74) is -2.09. The van der Waals surface area contributed by atoms with Crippen LogP contribution in [0.15, 0.2) is 0 Å². The topological polar surface area (TPSA) is 152 Å². The van der Waals surface area contributed by atoms with Crippen LogP contribution in [0, 0.1) is 0 Å². The van der Waals surface area contributed by atoms with Crippen molar-refractivity contribution < 1.29 is 65.7 Å². The first-order chi connectivity index (χ1) is 10.1. The SMILES string of the molecule is CCCCCCCCCC(=O)CC(O)S(=O)(=O)[O-].O=S(O)O.[Na+]. The zero-order chi connectivity index (χ0) is 17.6. The third-order valence-corrected chi connectivity index (χ3v) is 3.63. The molecule has 11 heteroatoms. The second-order valence-electron chi connectivity index (χ2n) is 4.79. The molecule has 0 rings (SSSR count). The summed E-state index contributed by atoms with van der Waals surface area (Å²) in [6.45, 7) is 2.15. The van der Waals surface area contributed by atoms with Crippen molar-refractivity contribution in [3.63, 3.8) is 0 Å². The molecule has 0 aromatic carbocycles. The largest absolute Gasteiger partial charge is 1.00 e. The van der Waals surface area contributed by atoms with Gasteiger partial charge in [0.15, 0.2) is 0 Å². The fraction of sp³-hybridized carbons (Fsp3) is 0.917. The van der Waals surface area contributed by atoms with Crippen LogP contribution >= 0.6 is 0 Å². The minimum atomic E-state index is -4.76. The second kappa shape index (κ2) is 17.4. The molecule has 0 amide bonds. The van der Waals surface area contributed by atoms with Crippen LogP contribution < -0.4 is 29.6 Å². The molecule has 0 saturated heterocycles. The van der Waals surface area contributed by atoms with E-state index >= 15 is 0 Å². The molecule has 134 valence electrons. The van der Waals surface area contributed by atoms with Crippen molar-refractivity contribution in [1.29, 1.82) is 0 Å². The normalized spacial score (nSPS) is 12.1. The van der Waals surface area contributed by atoms with Crippen molar-refractivity contribution in [3.8, 4) is 0 Å². The van der Waals surface area contributed by atoms with Crippen molar-refractivity contribution in [3.05, 3.63) is 0 Å². The fourth-order valence-electron chi connectivity index (χ4n) is 1.68. The minimum Gasteiger partial charge on any atom is -0.746 e. The van der Waals surface area contributed by atoms with Gasteiger partial charge in [-0.2, -0.15) is 4.21 Å². The summed E-state index contributed by atoms with van der Waals surface area (Å²) in [4.78, 5) is 11.3. The molecular formula is C12H25NaO8S2. The number of ketones is 1. The number of rotatable bonds is 11. The minimum absolute atomic E-state index is 0. The van der Waals surface area contributed by atoms with E-state index < -0.39 is 33.3 Å². The Labute approximate surface area is 162 Å². The zero-order valence-corrected chi connectivity index (χ0v) is 17.3. The smallest absolute Gasteiger partial charge is 0.746 e. The second-order valence-corrected chi connectivity index (χ2v) is 6.78. The first-order valence-electron chi connectivity index (χ1n) is 7.05. The summed E-state index contributed by atoms with van der Waals surface area (Å²) >= 11 is -2.61. The maximum atomic E-state index is 11.3. The van der Waals surface area contributed by atoms with Crippen molar-refractivity contribution in [1.82, 2.24) is 0 Å². The molecule has 3 N–H and O–H groups in total. The Balaban J connectivity index is -0.000000712. The molecule has 0 radical (unpaired) electrons. The van der Waals surface area contributed by atoms with Gasteiger partial charge < -0.3 is 9.66 Å². The maximum absolute atomic E-state index is 11.3. The van der Waals surface area contributed by atoms with Crippen molar-refractivity contribution in [2.45, 2.75) is 70.1 Å². The summed E-state index contributed by atoms with van der Waals surface area (Å²) in [7, 11) is -4.76. The average molecular weight is 384 g/mol. The fourth-order valence-corrected chi connectivity index (χ4v) is 2.07. The summed E-state index contributed by atoms with van der Waals surface area (Å²) in [5.74, 6) is -0.365. The quantitative estimate of drug-likeness (QED) is 0.171. The van der Waals surface area contributed by atoms with E-state index in [2.05, 4.69) is 6.92 Å². The number of carbonyl (C=O) groups is 1. The molecule has 0 aliphatic rings. The van der Waals surface area contributed by atoms with Crippen LogP contribution in [-0.4, -0.2) is 42.6 Å². The van der Waals surface area contributed by atoms with Gasteiger partial charge in [0.05, 0.1) is 0 Å². The third-order valence-electron chi connectivity index (χ3n) is 2.79. The average Bonchev–Trinajstić information content (AvgIpc) is 2.35. The van der Waals surface area contributed by atoms with Gasteiger partial charge >= 0.3 is 29.6 Å². The van der Waals surface area contributed by atoms with Gasteiger partial charge in [0.25, 0.3) is 11.4 Å². The van der Waals surface area contributed by atoms with E-state index in [1.54, 1.807) is 0 Å². The number of hydrogen-bond donors (Lipinski definition) is 3. The van der Waals surface area contributed by atoms with Gasteiger partial charge in [-0.15, -0.1) is 0 Å². The molecule has 0 fully saturated rings. The Morgan fingerprint density at radius 2 is 1.48 bits per heavy atom. The van der Waals surface area contributed by atoms with Gasteiger partial charge in [-0.05, 0) is 6.42 Å². The summed E-state index contributed by atoms with van der Waals surface area (Å²) < 4.78 is 54.0. The molecule has 0 bridgehead atoms. The number of hydrogen-bond acceptors (Lipinski definition) is 6. The molecule has 1 unspecified atom stereocenters. The van der Waals surface area contributed by atoms with Gasteiger partial charge in [0.2, 0.25) is 0 Å². The van der Waals surface area contributed by atoms with Gasteiger partial charge in [0.1, 0.15) is 21.3 Å². The summed E-state index contributed by atoms with van der Waals surface area (Å²) in [6, 6.07) is 0. The predicted octanol–water partition coefficient (Wildman–Crippen LogP) is -1.36. The molecule has 0 heterocycles. The Morgan fingerprint density at radius 1 is 1.09 bits per heavy atom. The zero-order valence-electron chi connectivity index (χ0n) is 13.6. The van der Waals surface area contributed by atoms with Crippen LogP contribution in [0.2, 0.25) is 0 Å². The first-order valence-corrected chi connectivity index (χ1v) is 9.59. The van der Waals surface area contributed by atoms with Crippen molar-refractivity contribution in [2.75, 3.05) is 0 Å². The van der Waals surface area contributed by atoms with E-state index in [9.17, 15) is 17.8 Å². The Morgan fingerprint density at radius 3 is 1.87 bits per heavy atom. The molecule has 0 aliphatic heterocycles. The van der Waals surface area contributed by atoms with Gasteiger partial charge in [0, 0.05) is 12.8 Å². The van der Waals surface area contributed by atoms with E-state index in [0.29, 0.717) is 6.42 Å². The van der Waals surface area contributed by atoms with E-state index in [1.165, 1.54) is 19.3 Å². The van der Waals surface area contributed by atoms with Crippen LogP contribution in [0.25, 0.3) is 0 Å². The number of unbranched alkanes of at least 4 members (excludes halogenated alkanes) is 6. The van der Waals surface area contributed by atoms with Crippen LogP contribution in [-0.2, 0) is 26.3 Å². The molecule has 0 saturated carbocycles. The molecular weight excluding hydrogens is 359 g/mol. The molecule has 23 heavy (non-hydrogen) atoms. The van der Waals surface area contributed by atoms with E-state index in [-0.39, 0.29) is 41.8 Å². The van der Waals surface area contributed by atoms with Crippen LogP contribution in [0.5, 0.6) is 0 Å². The number of carbonyl (C=O) groups excluding carboxylic acids is 1. The molecule has 0 aliphatic carbocycles. The predicted molar refractivity (Wildman–Crippen MR) is 81.3 cm³/mol. The molecule has 0 aromatic rings. The first kappa shape index (κ1) is 28.4. The Bertz CT molecular complexity index is 409. The van der Waals surface area contributed by atoms with E-state index in [1.807, 2.05) is 0 Å². The molecule has 8 nitrogen and oxygen atoms in total. The Kier molecular flexibility index (Phi) is 21.5. The van der Waals surface area contributed by atoms with Crippen LogP contribution in [0.1, 0.15) is 64.7 Å². The van der Waals surface area contributed by atoms with Crippen LogP contribution in [0.3, 0.4) is 0 Å². The van der Waals surface area contributed by atoms with Crippen molar-refractivity contribution >= 4 is 27.3 Å². The van der Waals surface area contributed by atoms with Gasteiger partial charge in [-0.25, -0.2) is 8.42 Å².